The minimum absolute atomic E-state index is 0.0807. The van der Waals surface area contributed by atoms with Crippen LogP contribution < -0.4 is 10.6 Å². The highest BCUT2D eigenvalue weighted by Gasteiger charge is 2.20. The van der Waals surface area contributed by atoms with Crippen LogP contribution in [0.3, 0.4) is 0 Å². The predicted octanol–water partition coefficient (Wildman–Crippen LogP) is 1.91. The van der Waals surface area contributed by atoms with Gasteiger partial charge < -0.3 is 10.6 Å². The molecule has 0 aliphatic heterocycles. The van der Waals surface area contributed by atoms with E-state index in [4.69, 9.17) is 4.55 Å². The van der Waals surface area contributed by atoms with Crippen molar-refractivity contribution in [2.24, 2.45) is 10.2 Å². The van der Waals surface area contributed by atoms with E-state index in [0.29, 0.717) is 6.07 Å². The molecule has 0 saturated carbocycles. The number of nitrogens with one attached hydrogen (secondary N) is 2. The Balaban J connectivity index is 2.59. The van der Waals surface area contributed by atoms with Crippen molar-refractivity contribution in [3.05, 3.63) is 30.3 Å². The maximum atomic E-state index is 11.5. The lowest BCUT2D eigenvalue weighted by Gasteiger charge is -2.08. The molecular formula is C15H15N5O8S2. The van der Waals surface area contributed by atoms with E-state index >= 15 is 0 Å². The first kappa shape index (κ1) is 23.0. The Morgan fingerprint density at radius 1 is 0.867 bits per heavy atom. The Labute approximate surface area is 170 Å². The number of pyridine rings is 1. The second kappa shape index (κ2) is 8.62. The molecule has 0 aliphatic carbocycles. The molecule has 0 atom stereocenters. The third kappa shape index (κ3) is 6.11. The SMILES string of the molecule is CC(=O)Nc1ccc(/N=N/c2cc(S(=O)(=O)O)ccc2S(=O)(=O)O)c(NC(C)=O)n1. The van der Waals surface area contributed by atoms with Crippen molar-refractivity contribution < 1.29 is 35.5 Å². The minimum Gasteiger partial charge on any atom is -0.311 e. The third-order valence-electron chi connectivity index (χ3n) is 3.24. The number of anilines is 2. The van der Waals surface area contributed by atoms with Gasteiger partial charge in [0.05, 0.1) is 4.90 Å². The van der Waals surface area contributed by atoms with Crippen LogP contribution in [0.2, 0.25) is 0 Å². The quantitative estimate of drug-likeness (QED) is 0.368. The van der Waals surface area contributed by atoms with Crippen LogP contribution in [0.15, 0.2) is 50.4 Å². The molecule has 0 fully saturated rings. The third-order valence-corrected chi connectivity index (χ3v) is 4.99. The molecule has 160 valence electrons. The van der Waals surface area contributed by atoms with Gasteiger partial charge >= 0.3 is 0 Å². The van der Waals surface area contributed by atoms with Gasteiger partial charge in [0.25, 0.3) is 20.2 Å². The molecule has 0 radical (unpaired) electrons. The first-order chi connectivity index (χ1) is 13.8. The van der Waals surface area contributed by atoms with Crippen molar-refractivity contribution in [3.8, 4) is 0 Å². The van der Waals surface area contributed by atoms with Crippen molar-refractivity contribution in [3.63, 3.8) is 0 Å². The molecule has 0 spiro atoms. The highest BCUT2D eigenvalue weighted by atomic mass is 32.2. The minimum atomic E-state index is -4.81. The number of aromatic nitrogens is 1. The maximum Gasteiger partial charge on any atom is 0.296 e. The second-order valence-corrected chi connectivity index (χ2v) is 8.52. The summed E-state index contributed by atoms with van der Waals surface area (Å²) in [6.07, 6.45) is 0. The lowest BCUT2D eigenvalue weighted by molar-refractivity contribution is -0.115. The standard InChI is InChI=1S/C15H15N5O8S2/c1-8(21)16-14-6-4-11(15(18-14)17-9(2)22)19-20-12-7-10(29(23,24)25)3-5-13(12)30(26,27)28/h3-7H,1-2H3,(H,23,24,25)(H,26,27,28)(H2,16,17,18,21,22)/b20-19+. The van der Waals surface area contributed by atoms with E-state index in [2.05, 4.69) is 25.8 Å². The number of hydrogen-bond donors (Lipinski definition) is 4. The van der Waals surface area contributed by atoms with Gasteiger partial charge in [-0.3, -0.25) is 18.7 Å². The van der Waals surface area contributed by atoms with Crippen LogP contribution in [0.1, 0.15) is 13.8 Å². The Kier molecular flexibility index (Phi) is 6.61. The van der Waals surface area contributed by atoms with Gasteiger partial charge in [-0.1, -0.05) is 0 Å². The summed E-state index contributed by atoms with van der Waals surface area (Å²) in [5.74, 6) is -1.02. The van der Waals surface area contributed by atoms with Gasteiger partial charge in [0.15, 0.2) is 5.82 Å². The second-order valence-electron chi connectivity index (χ2n) is 5.71. The van der Waals surface area contributed by atoms with Crippen LogP contribution in [-0.4, -0.2) is 42.7 Å². The number of carbonyl (C=O) groups excluding carboxylic acids is 2. The fourth-order valence-corrected chi connectivity index (χ4v) is 3.21. The fourth-order valence-electron chi connectivity index (χ4n) is 2.10. The zero-order chi connectivity index (χ0) is 22.7. The van der Waals surface area contributed by atoms with Crippen LogP contribution in [0.5, 0.6) is 0 Å². The van der Waals surface area contributed by atoms with E-state index in [1.165, 1.54) is 26.0 Å². The van der Waals surface area contributed by atoms with Crippen LogP contribution >= 0.6 is 0 Å². The Bertz CT molecular complexity index is 1260. The summed E-state index contributed by atoms with van der Waals surface area (Å²) in [6, 6.07) is 4.76. The molecule has 0 bridgehead atoms. The predicted molar refractivity (Wildman–Crippen MR) is 103 cm³/mol. The molecule has 0 unspecified atom stereocenters. The Morgan fingerprint density at radius 3 is 2.00 bits per heavy atom. The van der Waals surface area contributed by atoms with E-state index < -0.39 is 47.5 Å². The van der Waals surface area contributed by atoms with E-state index in [-0.39, 0.29) is 17.3 Å². The van der Waals surface area contributed by atoms with E-state index in [9.17, 15) is 31.0 Å². The van der Waals surface area contributed by atoms with Gasteiger partial charge in [0.2, 0.25) is 11.8 Å². The molecule has 1 heterocycles. The van der Waals surface area contributed by atoms with E-state index in [0.717, 1.165) is 12.1 Å². The molecule has 0 aliphatic rings. The molecule has 4 N–H and O–H groups in total. The summed E-state index contributed by atoms with van der Waals surface area (Å²) in [5, 5.41) is 12.1. The number of nitrogens with zero attached hydrogens (tertiary/aromatic N) is 3. The molecule has 2 rings (SSSR count). The molecule has 2 aromatic rings. The Morgan fingerprint density at radius 2 is 1.47 bits per heavy atom. The number of amides is 2. The van der Waals surface area contributed by atoms with Gasteiger partial charge in [-0.05, 0) is 30.3 Å². The van der Waals surface area contributed by atoms with Gasteiger partial charge in [0, 0.05) is 13.8 Å². The molecule has 1 aromatic heterocycles. The molecule has 1 aromatic carbocycles. The smallest absolute Gasteiger partial charge is 0.296 e. The largest absolute Gasteiger partial charge is 0.311 e. The highest BCUT2D eigenvalue weighted by Crippen LogP contribution is 2.31. The van der Waals surface area contributed by atoms with Crippen molar-refractivity contribution >= 4 is 55.1 Å². The lowest BCUT2D eigenvalue weighted by Crippen LogP contribution is -2.11. The summed E-state index contributed by atoms with van der Waals surface area (Å²) >= 11 is 0. The molecular weight excluding hydrogens is 442 g/mol. The van der Waals surface area contributed by atoms with E-state index in [1.807, 2.05) is 0 Å². The molecule has 13 nitrogen and oxygen atoms in total. The average Bonchev–Trinajstić information content (AvgIpc) is 2.58. The van der Waals surface area contributed by atoms with Crippen LogP contribution in [0.25, 0.3) is 0 Å². The molecule has 30 heavy (non-hydrogen) atoms. The van der Waals surface area contributed by atoms with Crippen LogP contribution in [0, 0.1) is 0 Å². The van der Waals surface area contributed by atoms with Crippen molar-refractivity contribution in [2.45, 2.75) is 23.6 Å². The molecule has 2 amide bonds. The van der Waals surface area contributed by atoms with E-state index in [1.54, 1.807) is 0 Å². The molecule has 0 saturated heterocycles. The monoisotopic (exact) mass is 457 g/mol. The van der Waals surface area contributed by atoms with Crippen molar-refractivity contribution in [2.75, 3.05) is 10.6 Å². The summed E-state index contributed by atoms with van der Waals surface area (Å²) in [4.78, 5) is 25.1. The van der Waals surface area contributed by atoms with Gasteiger partial charge in [-0.25, -0.2) is 4.98 Å². The summed E-state index contributed by atoms with van der Waals surface area (Å²) in [6.45, 7) is 2.42. The number of benzene rings is 1. The van der Waals surface area contributed by atoms with Crippen molar-refractivity contribution in [1.29, 1.82) is 0 Å². The summed E-state index contributed by atoms with van der Waals surface area (Å²) in [7, 11) is -9.51. The number of azo groups is 1. The number of carbonyl (C=O) groups is 2. The zero-order valence-corrected chi connectivity index (χ0v) is 17.0. The van der Waals surface area contributed by atoms with Crippen molar-refractivity contribution in [1.82, 2.24) is 4.98 Å². The summed E-state index contributed by atoms with van der Waals surface area (Å²) < 4.78 is 64.1. The topological polar surface area (TPSA) is 205 Å². The van der Waals surface area contributed by atoms with Gasteiger partial charge in [0.1, 0.15) is 22.1 Å². The van der Waals surface area contributed by atoms with Crippen LogP contribution in [0.4, 0.5) is 23.0 Å². The van der Waals surface area contributed by atoms with Crippen LogP contribution in [-0.2, 0) is 29.8 Å². The summed E-state index contributed by atoms with van der Waals surface area (Å²) in [5.41, 5.74) is -0.690. The van der Waals surface area contributed by atoms with Gasteiger partial charge in [-0.15, -0.1) is 10.2 Å². The zero-order valence-electron chi connectivity index (χ0n) is 15.4. The van der Waals surface area contributed by atoms with Gasteiger partial charge in [-0.2, -0.15) is 16.8 Å². The number of hydrogen-bond acceptors (Lipinski definition) is 9. The highest BCUT2D eigenvalue weighted by molar-refractivity contribution is 7.86. The Hall–Kier alpha value is -3.27. The molecule has 15 heteroatoms. The first-order valence-electron chi connectivity index (χ1n) is 7.84. The number of rotatable bonds is 6. The normalized spacial score (nSPS) is 12.0. The lowest BCUT2D eigenvalue weighted by atomic mass is 10.3. The first-order valence-corrected chi connectivity index (χ1v) is 10.7. The fraction of sp³-hybridized carbons (Fsp3) is 0.133. The maximum absolute atomic E-state index is 11.5. The average molecular weight is 457 g/mol.